The first-order valence-corrected chi connectivity index (χ1v) is 8.23. The molecule has 1 fully saturated rings. The van der Waals surface area contributed by atoms with Gasteiger partial charge in [0.15, 0.2) is 0 Å². The lowest BCUT2D eigenvalue weighted by Crippen LogP contribution is -2.56. The van der Waals surface area contributed by atoms with Gasteiger partial charge < -0.3 is 14.8 Å². The van der Waals surface area contributed by atoms with Crippen LogP contribution in [0.4, 0.5) is 0 Å². The van der Waals surface area contributed by atoms with Gasteiger partial charge in [0.1, 0.15) is 5.76 Å². The zero-order valence-corrected chi connectivity index (χ0v) is 13.6. The Morgan fingerprint density at radius 3 is 2.45 bits per heavy atom. The minimum Gasteiger partial charge on any atom is -0.496 e. The maximum Gasteiger partial charge on any atom is 0.112 e. The largest absolute Gasteiger partial charge is 0.496 e. The minimum atomic E-state index is -0.0869. The van der Waals surface area contributed by atoms with E-state index in [2.05, 4.69) is 39.1 Å². The summed E-state index contributed by atoms with van der Waals surface area (Å²) in [5, 5.41) is 3.63. The molecule has 20 heavy (non-hydrogen) atoms. The van der Waals surface area contributed by atoms with Crippen molar-refractivity contribution in [2.24, 2.45) is 5.41 Å². The van der Waals surface area contributed by atoms with Crippen LogP contribution in [-0.4, -0.2) is 31.4 Å². The molecule has 1 heterocycles. The van der Waals surface area contributed by atoms with Crippen LogP contribution in [0.15, 0.2) is 11.8 Å². The summed E-state index contributed by atoms with van der Waals surface area (Å²) in [5.74, 6) is 1.11. The number of likely N-dealkylation sites (N-methyl/N-ethyl adjacent to an activating group) is 1. The van der Waals surface area contributed by atoms with Crippen molar-refractivity contribution in [1.82, 2.24) is 5.32 Å². The molecule has 0 aromatic heterocycles. The second-order valence-electron chi connectivity index (χ2n) is 6.90. The van der Waals surface area contributed by atoms with E-state index in [9.17, 15) is 0 Å². The summed E-state index contributed by atoms with van der Waals surface area (Å²) >= 11 is 0. The quantitative estimate of drug-likeness (QED) is 0.806. The Hall–Kier alpha value is -0.540. The standard InChI is InChI=1S/C17H31NO2/c1-5-18-15(14-8-7-13-19-14)17(20-6-2)11-9-16(3,4)10-12-17/h8,15,18H,5-7,9-13H2,1-4H3. The van der Waals surface area contributed by atoms with Crippen LogP contribution in [0, 0.1) is 5.41 Å². The molecule has 1 aliphatic heterocycles. The molecule has 3 nitrogen and oxygen atoms in total. The van der Waals surface area contributed by atoms with E-state index in [1.54, 1.807) is 0 Å². The molecule has 0 aromatic carbocycles. The Labute approximate surface area is 124 Å². The van der Waals surface area contributed by atoms with Gasteiger partial charge in [-0.2, -0.15) is 0 Å². The highest BCUT2D eigenvalue weighted by Crippen LogP contribution is 2.45. The number of ether oxygens (including phenoxy) is 2. The zero-order valence-electron chi connectivity index (χ0n) is 13.6. The molecule has 1 unspecified atom stereocenters. The number of hydrogen-bond acceptors (Lipinski definition) is 3. The second kappa shape index (κ2) is 6.48. The summed E-state index contributed by atoms with van der Waals surface area (Å²) < 4.78 is 12.2. The minimum absolute atomic E-state index is 0.0869. The molecule has 3 heteroatoms. The van der Waals surface area contributed by atoms with Crippen molar-refractivity contribution in [3.8, 4) is 0 Å². The number of nitrogens with one attached hydrogen (secondary N) is 1. The highest BCUT2D eigenvalue weighted by atomic mass is 16.5. The molecule has 1 N–H and O–H groups in total. The van der Waals surface area contributed by atoms with Gasteiger partial charge in [0.2, 0.25) is 0 Å². The van der Waals surface area contributed by atoms with Crippen molar-refractivity contribution in [3.05, 3.63) is 11.8 Å². The highest BCUT2D eigenvalue weighted by Gasteiger charge is 2.46. The fourth-order valence-corrected chi connectivity index (χ4v) is 3.54. The maximum absolute atomic E-state index is 6.31. The van der Waals surface area contributed by atoms with Crippen LogP contribution >= 0.6 is 0 Å². The SMILES string of the molecule is CCNC(C1=CCCO1)C1(OCC)CCC(C)(C)CC1. The lowest BCUT2D eigenvalue weighted by Gasteiger charge is -2.47. The van der Waals surface area contributed by atoms with Crippen LogP contribution in [0.1, 0.15) is 59.8 Å². The topological polar surface area (TPSA) is 30.5 Å². The van der Waals surface area contributed by atoms with E-state index < -0.39 is 0 Å². The first-order chi connectivity index (χ1) is 9.53. The van der Waals surface area contributed by atoms with Crippen LogP contribution in [0.3, 0.4) is 0 Å². The van der Waals surface area contributed by atoms with Crippen LogP contribution < -0.4 is 5.32 Å². The van der Waals surface area contributed by atoms with Crippen LogP contribution in [0.25, 0.3) is 0 Å². The predicted molar refractivity (Wildman–Crippen MR) is 82.7 cm³/mol. The van der Waals surface area contributed by atoms with Crippen LogP contribution in [0.5, 0.6) is 0 Å². The van der Waals surface area contributed by atoms with Crippen molar-refractivity contribution < 1.29 is 9.47 Å². The third-order valence-electron chi connectivity index (χ3n) is 4.83. The fourth-order valence-electron chi connectivity index (χ4n) is 3.54. The molecule has 2 aliphatic rings. The van der Waals surface area contributed by atoms with Gasteiger partial charge in [-0.25, -0.2) is 0 Å². The highest BCUT2D eigenvalue weighted by molar-refractivity contribution is 5.16. The molecule has 1 atom stereocenters. The molecule has 0 amide bonds. The summed E-state index contributed by atoms with van der Waals surface area (Å²) in [7, 11) is 0. The number of rotatable bonds is 6. The first-order valence-electron chi connectivity index (χ1n) is 8.23. The Morgan fingerprint density at radius 1 is 1.25 bits per heavy atom. The normalized spacial score (nSPS) is 25.9. The van der Waals surface area contributed by atoms with Gasteiger partial charge in [-0.3, -0.25) is 0 Å². The van der Waals surface area contributed by atoms with Crippen LogP contribution in [-0.2, 0) is 9.47 Å². The van der Waals surface area contributed by atoms with Gasteiger partial charge in [0.25, 0.3) is 0 Å². The molecule has 1 saturated carbocycles. The molecule has 0 spiro atoms. The summed E-state index contributed by atoms with van der Waals surface area (Å²) in [6.07, 6.45) is 7.96. The van der Waals surface area contributed by atoms with E-state index >= 15 is 0 Å². The fraction of sp³-hybridized carbons (Fsp3) is 0.882. The van der Waals surface area contributed by atoms with Crippen molar-refractivity contribution in [1.29, 1.82) is 0 Å². The Kier molecular flexibility index (Phi) is 5.14. The molecule has 2 rings (SSSR count). The molecular weight excluding hydrogens is 250 g/mol. The maximum atomic E-state index is 6.31. The third-order valence-corrected chi connectivity index (χ3v) is 4.83. The van der Waals surface area contributed by atoms with Gasteiger partial charge >= 0.3 is 0 Å². The van der Waals surface area contributed by atoms with Crippen molar-refractivity contribution in [3.63, 3.8) is 0 Å². The Balaban J connectivity index is 2.20. The average Bonchev–Trinajstić information content (AvgIpc) is 2.93. The first kappa shape index (κ1) is 15.8. The van der Waals surface area contributed by atoms with Crippen LogP contribution in [0.2, 0.25) is 0 Å². The smallest absolute Gasteiger partial charge is 0.112 e. The molecule has 0 aromatic rings. The van der Waals surface area contributed by atoms with E-state index in [4.69, 9.17) is 9.47 Å². The van der Waals surface area contributed by atoms with E-state index in [-0.39, 0.29) is 11.6 Å². The predicted octanol–water partition coefficient (Wildman–Crippen LogP) is 3.64. The van der Waals surface area contributed by atoms with Gasteiger partial charge in [-0.15, -0.1) is 0 Å². The van der Waals surface area contributed by atoms with Crippen molar-refractivity contribution in [2.75, 3.05) is 19.8 Å². The monoisotopic (exact) mass is 281 g/mol. The summed E-state index contributed by atoms with van der Waals surface area (Å²) in [4.78, 5) is 0. The van der Waals surface area contributed by atoms with E-state index in [0.717, 1.165) is 44.8 Å². The van der Waals surface area contributed by atoms with Gasteiger partial charge in [0, 0.05) is 13.0 Å². The van der Waals surface area contributed by atoms with Gasteiger partial charge in [-0.05, 0) is 50.6 Å². The van der Waals surface area contributed by atoms with Gasteiger partial charge in [-0.1, -0.05) is 20.8 Å². The molecule has 0 radical (unpaired) electrons. The molecule has 1 aliphatic carbocycles. The summed E-state index contributed by atoms with van der Waals surface area (Å²) in [5.41, 5.74) is 0.360. The molecule has 0 bridgehead atoms. The molecule has 0 saturated heterocycles. The average molecular weight is 281 g/mol. The van der Waals surface area contributed by atoms with E-state index in [1.165, 1.54) is 12.8 Å². The van der Waals surface area contributed by atoms with Crippen molar-refractivity contribution >= 4 is 0 Å². The molecule has 116 valence electrons. The Bertz CT molecular complexity index is 339. The Morgan fingerprint density at radius 2 is 1.95 bits per heavy atom. The van der Waals surface area contributed by atoms with E-state index in [1.807, 2.05) is 0 Å². The van der Waals surface area contributed by atoms with Gasteiger partial charge in [0.05, 0.1) is 18.2 Å². The summed E-state index contributed by atoms with van der Waals surface area (Å²) in [6.45, 7) is 11.6. The summed E-state index contributed by atoms with van der Waals surface area (Å²) in [6, 6.07) is 0.214. The lowest BCUT2D eigenvalue weighted by molar-refractivity contribution is -0.106. The number of hydrogen-bond donors (Lipinski definition) is 1. The van der Waals surface area contributed by atoms with Crippen molar-refractivity contribution in [2.45, 2.75) is 71.4 Å². The zero-order chi connectivity index (χ0) is 14.6. The van der Waals surface area contributed by atoms with E-state index in [0.29, 0.717) is 5.41 Å². The molecular formula is C17H31NO2. The second-order valence-corrected chi connectivity index (χ2v) is 6.90. The lowest BCUT2D eigenvalue weighted by atomic mass is 9.68. The third kappa shape index (κ3) is 3.37.